The van der Waals surface area contributed by atoms with E-state index in [0.29, 0.717) is 22.4 Å². The monoisotopic (exact) mass is 264 g/mol. The van der Waals surface area contributed by atoms with Gasteiger partial charge in [0.15, 0.2) is 11.6 Å². The van der Waals surface area contributed by atoms with E-state index in [1.165, 1.54) is 6.20 Å². The van der Waals surface area contributed by atoms with Crippen LogP contribution in [0.2, 0.25) is 5.02 Å². The second kappa shape index (κ2) is 5.10. The summed E-state index contributed by atoms with van der Waals surface area (Å²) in [6.45, 7) is 1.91. The smallest absolute Gasteiger partial charge is 0.173 e. The third kappa shape index (κ3) is 2.46. The van der Waals surface area contributed by atoms with Crippen molar-refractivity contribution in [3.63, 3.8) is 0 Å². The molecule has 0 atom stereocenters. The number of aryl methyl sites for hydroxylation is 1. The van der Waals surface area contributed by atoms with Gasteiger partial charge in [0.25, 0.3) is 0 Å². The molecule has 0 radical (unpaired) electrons. The van der Waals surface area contributed by atoms with Crippen molar-refractivity contribution >= 4 is 28.9 Å². The lowest BCUT2D eigenvalue weighted by Crippen LogP contribution is -2.02. The van der Waals surface area contributed by atoms with Gasteiger partial charge in [-0.15, -0.1) is 0 Å². The molecule has 2 aromatic rings. The number of halogens is 1. The summed E-state index contributed by atoms with van der Waals surface area (Å²) < 4.78 is 5.26. The first kappa shape index (κ1) is 12.4. The Balaban J connectivity index is 2.40. The minimum Gasteiger partial charge on any atom is -0.495 e. The highest BCUT2D eigenvalue weighted by Gasteiger charge is 2.09. The number of nitrogens with two attached hydrogens (primary N) is 1. The van der Waals surface area contributed by atoms with Gasteiger partial charge in [-0.1, -0.05) is 11.6 Å². The van der Waals surface area contributed by atoms with Crippen molar-refractivity contribution in [2.75, 3.05) is 18.2 Å². The molecule has 0 fully saturated rings. The Morgan fingerprint density at radius 1 is 1.28 bits per heavy atom. The van der Waals surface area contributed by atoms with E-state index >= 15 is 0 Å². The molecule has 18 heavy (non-hydrogen) atoms. The molecule has 0 saturated carbocycles. The van der Waals surface area contributed by atoms with Gasteiger partial charge in [0.05, 0.1) is 12.8 Å². The average molecular weight is 265 g/mol. The Hall–Kier alpha value is -2.01. The minimum atomic E-state index is 0.326. The fourth-order valence-corrected chi connectivity index (χ4v) is 1.66. The van der Waals surface area contributed by atoms with Crippen molar-refractivity contribution in [2.24, 2.45) is 0 Å². The maximum atomic E-state index is 6.04. The molecule has 0 amide bonds. The lowest BCUT2D eigenvalue weighted by Gasteiger charge is -2.13. The van der Waals surface area contributed by atoms with Crippen LogP contribution in [0.15, 0.2) is 24.5 Å². The number of benzene rings is 1. The zero-order chi connectivity index (χ0) is 13.1. The predicted octanol–water partition coefficient (Wildman–Crippen LogP) is 2.77. The SMILES string of the molecule is COc1cc(Cl)c(C)cc1Nc1nccnc1N. The first-order chi connectivity index (χ1) is 8.61. The number of nitrogen functional groups attached to an aromatic ring is 1. The van der Waals surface area contributed by atoms with Crippen LogP contribution >= 0.6 is 11.6 Å². The van der Waals surface area contributed by atoms with E-state index in [-0.39, 0.29) is 0 Å². The van der Waals surface area contributed by atoms with Gasteiger partial charge in [-0.05, 0) is 18.6 Å². The van der Waals surface area contributed by atoms with Crippen LogP contribution in [-0.4, -0.2) is 17.1 Å². The molecule has 6 heteroatoms. The molecule has 94 valence electrons. The van der Waals surface area contributed by atoms with E-state index in [2.05, 4.69) is 15.3 Å². The van der Waals surface area contributed by atoms with Crippen LogP contribution in [0.4, 0.5) is 17.3 Å². The third-order valence-corrected chi connectivity index (χ3v) is 2.87. The van der Waals surface area contributed by atoms with Crippen molar-refractivity contribution in [2.45, 2.75) is 6.92 Å². The van der Waals surface area contributed by atoms with Crippen LogP contribution in [0, 0.1) is 6.92 Å². The van der Waals surface area contributed by atoms with Crippen molar-refractivity contribution in [1.29, 1.82) is 0 Å². The van der Waals surface area contributed by atoms with E-state index in [0.717, 1.165) is 11.3 Å². The van der Waals surface area contributed by atoms with Gasteiger partial charge in [0.1, 0.15) is 5.75 Å². The summed E-state index contributed by atoms with van der Waals surface area (Å²) in [5, 5.41) is 3.72. The van der Waals surface area contributed by atoms with Crippen molar-refractivity contribution in [3.8, 4) is 5.75 Å². The maximum absolute atomic E-state index is 6.04. The maximum Gasteiger partial charge on any atom is 0.173 e. The van der Waals surface area contributed by atoms with E-state index in [1.54, 1.807) is 19.4 Å². The van der Waals surface area contributed by atoms with E-state index in [9.17, 15) is 0 Å². The molecule has 0 aliphatic heterocycles. The number of methoxy groups -OCH3 is 1. The first-order valence-corrected chi connectivity index (χ1v) is 5.67. The van der Waals surface area contributed by atoms with Gasteiger partial charge in [0, 0.05) is 23.5 Å². The summed E-state index contributed by atoms with van der Waals surface area (Å²) in [7, 11) is 1.58. The summed E-state index contributed by atoms with van der Waals surface area (Å²) in [6.07, 6.45) is 3.10. The lowest BCUT2D eigenvalue weighted by atomic mass is 10.2. The number of hydrogen-bond acceptors (Lipinski definition) is 5. The quantitative estimate of drug-likeness (QED) is 0.892. The van der Waals surface area contributed by atoms with Gasteiger partial charge in [-0.3, -0.25) is 0 Å². The summed E-state index contributed by atoms with van der Waals surface area (Å²) in [4.78, 5) is 8.07. The predicted molar refractivity (Wildman–Crippen MR) is 72.5 cm³/mol. The summed E-state index contributed by atoms with van der Waals surface area (Å²) >= 11 is 6.04. The highest BCUT2D eigenvalue weighted by molar-refractivity contribution is 6.31. The molecule has 0 unspecified atom stereocenters. The fraction of sp³-hybridized carbons (Fsp3) is 0.167. The second-order valence-electron chi connectivity index (χ2n) is 3.72. The topological polar surface area (TPSA) is 73.1 Å². The molecule has 1 aromatic heterocycles. The number of nitrogens with one attached hydrogen (secondary N) is 1. The molecule has 3 N–H and O–H groups in total. The van der Waals surface area contributed by atoms with Gasteiger partial charge in [-0.25, -0.2) is 9.97 Å². The standard InChI is InChI=1S/C12H13ClN4O/c1-7-5-9(10(18-2)6-8(7)13)17-12-11(14)15-3-4-16-12/h3-6H,1-2H3,(H2,14,15)(H,16,17). The largest absolute Gasteiger partial charge is 0.495 e. The number of aromatic nitrogens is 2. The van der Waals surface area contributed by atoms with Crippen molar-refractivity contribution < 1.29 is 4.74 Å². The van der Waals surface area contributed by atoms with Crippen LogP contribution < -0.4 is 15.8 Å². The lowest BCUT2D eigenvalue weighted by molar-refractivity contribution is 0.416. The van der Waals surface area contributed by atoms with Crippen LogP contribution in [0.1, 0.15) is 5.56 Å². The Bertz CT molecular complexity index is 574. The number of anilines is 3. The molecule has 0 aliphatic rings. The molecule has 0 aliphatic carbocycles. The highest BCUT2D eigenvalue weighted by Crippen LogP contribution is 2.33. The van der Waals surface area contributed by atoms with Crippen LogP contribution in [0.3, 0.4) is 0 Å². The zero-order valence-corrected chi connectivity index (χ0v) is 10.8. The Morgan fingerprint density at radius 3 is 2.67 bits per heavy atom. The highest BCUT2D eigenvalue weighted by atomic mass is 35.5. The minimum absolute atomic E-state index is 0.326. The molecular formula is C12H13ClN4O. The molecule has 5 nitrogen and oxygen atoms in total. The first-order valence-electron chi connectivity index (χ1n) is 5.29. The van der Waals surface area contributed by atoms with Crippen LogP contribution in [0.5, 0.6) is 5.75 Å². The number of rotatable bonds is 3. The number of nitrogens with zero attached hydrogens (tertiary/aromatic N) is 2. The average Bonchev–Trinajstić information content (AvgIpc) is 2.36. The number of hydrogen-bond donors (Lipinski definition) is 2. The van der Waals surface area contributed by atoms with E-state index in [1.807, 2.05) is 13.0 Å². The fourth-order valence-electron chi connectivity index (χ4n) is 1.50. The summed E-state index contributed by atoms with van der Waals surface area (Å²) in [6, 6.07) is 3.61. The summed E-state index contributed by atoms with van der Waals surface area (Å²) in [5.41, 5.74) is 7.40. The van der Waals surface area contributed by atoms with E-state index < -0.39 is 0 Å². The Morgan fingerprint density at radius 2 is 2.00 bits per heavy atom. The molecule has 0 bridgehead atoms. The third-order valence-electron chi connectivity index (χ3n) is 2.46. The van der Waals surface area contributed by atoms with Gasteiger partial charge >= 0.3 is 0 Å². The van der Waals surface area contributed by atoms with E-state index in [4.69, 9.17) is 22.1 Å². The van der Waals surface area contributed by atoms with Crippen LogP contribution in [0.25, 0.3) is 0 Å². The summed E-state index contributed by atoms with van der Waals surface area (Å²) in [5.74, 6) is 1.43. The Kier molecular flexibility index (Phi) is 3.53. The molecular weight excluding hydrogens is 252 g/mol. The normalized spacial score (nSPS) is 10.2. The van der Waals surface area contributed by atoms with Gasteiger partial charge in [-0.2, -0.15) is 0 Å². The number of ether oxygens (including phenoxy) is 1. The molecule has 1 aromatic carbocycles. The second-order valence-corrected chi connectivity index (χ2v) is 4.12. The van der Waals surface area contributed by atoms with Crippen molar-refractivity contribution in [1.82, 2.24) is 9.97 Å². The van der Waals surface area contributed by atoms with Crippen molar-refractivity contribution in [3.05, 3.63) is 35.1 Å². The zero-order valence-electron chi connectivity index (χ0n) is 10.1. The van der Waals surface area contributed by atoms with Crippen LogP contribution in [-0.2, 0) is 0 Å². The molecule has 1 heterocycles. The molecule has 2 rings (SSSR count). The molecule has 0 saturated heterocycles. The molecule has 0 spiro atoms. The Labute approximate surface area is 110 Å². The van der Waals surface area contributed by atoms with Gasteiger partial charge in [0.2, 0.25) is 0 Å². The van der Waals surface area contributed by atoms with Gasteiger partial charge < -0.3 is 15.8 Å².